The summed E-state index contributed by atoms with van der Waals surface area (Å²) in [6.45, 7) is 0. The Labute approximate surface area is 131 Å². The predicted molar refractivity (Wildman–Crippen MR) is 83.4 cm³/mol. The molecule has 1 atom stereocenters. The van der Waals surface area contributed by atoms with Crippen LogP contribution in [0.15, 0.2) is 47.4 Å². The fourth-order valence-electron chi connectivity index (χ4n) is 2.31. The molecule has 0 fully saturated rings. The van der Waals surface area contributed by atoms with Gasteiger partial charge in [-0.25, -0.2) is 0 Å². The Morgan fingerprint density at radius 1 is 1.29 bits per heavy atom. The fourth-order valence-corrected chi connectivity index (χ4v) is 3.56. The van der Waals surface area contributed by atoms with Crippen LogP contribution in [0.2, 0.25) is 5.02 Å². The lowest BCUT2D eigenvalue weighted by Gasteiger charge is -2.10. The summed E-state index contributed by atoms with van der Waals surface area (Å²) in [7, 11) is 0. The van der Waals surface area contributed by atoms with Crippen molar-refractivity contribution in [1.29, 1.82) is 0 Å². The van der Waals surface area contributed by atoms with Gasteiger partial charge in [0.05, 0.1) is 14.8 Å². The highest BCUT2D eigenvalue weighted by Crippen LogP contribution is 2.38. The van der Waals surface area contributed by atoms with Gasteiger partial charge in [0, 0.05) is 18.2 Å². The Hall–Kier alpha value is -1.72. The number of ether oxygens (including phenoxy) is 1. The summed E-state index contributed by atoms with van der Waals surface area (Å²) in [5, 5.41) is 11.6. The van der Waals surface area contributed by atoms with Crippen molar-refractivity contribution in [2.24, 2.45) is 0 Å². The van der Waals surface area contributed by atoms with E-state index in [0.29, 0.717) is 15.7 Å². The van der Waals surface area contributed by atoms with Crippen molar-refractivity contribution in [2.45, 2.75) is 17.4 Å². The van der Waals surface area contributed by atoms with Crippen molar-refractivity contribution in [3.8, 4) is 5.75 Å². The molecule has 1 heterocycles. The van der Waals surface area contributed by atoms with Crippen molar-refractivity contribution in [3.05, 3.63) is 63.2 Å². The topological polar surface area (TPSA) is 52.4 Å². The van der Waals surface area contributed by atoms with E-state index in [0.717, 1.165) is 17.7 Å². The van der Waals surface area contributed by atoms with Crippen LogP contribution in [0.1, 0.15) is 5.56 Å². The predicted octanol–water partition coefficient (Wildman–Crippen LogP) is 4.34. The van der Waals surface area contributed by atoms with Crippen molar-refractivity contribution < 1.29 is 9.66 Å². The number of fused-ring (bicyclic) bond motifs is 1. The number of nitro benzene ring substituents is 1. The lowest BCUT2D eigenvalue weighted by molar-refractivity contribution is -0.387. The maximum atomic E-state index is 11.0. The van der Waals surface area contributed by atoms with Crippen LogP contribution >= 0.6 is 23.4 Å². The van der Waals surface area contributed by atoms with Crippen LogP contribution in [0.5, 0.6) is 5.75 Å². The zero-order chi connectivity index (χ0) is 14.8. The molecule has 0 bridgehead atoms. The molecule has 0 radical (unpaired) electrons. The Balaban J connectivity index is 1.68. The third-order valence-electron chi connectivity index (χ3n) is 3.27. The quantitative estimate of drug-likeness (QED) is 0.477. The monoisotopic (exact) mass is 321 g/mol. The minimum Gasteiger partial charge on any atom is -0.487 e. The van der Waals surface area contributed by atoms with Gasteiger partial charge in [-0.1, -0.05) is 35.9 Å². The van der Waals surface area contributed by atoms with Gasteiger partial charge < -0.3 is 4.74 Å². The molecular weight excluding hydrogens is 310 g/mol. The third kappa shape index (κ3) is 2.99. The molecule has 3 rings (SSSR count). The first-order valence-electron chi connectivity index (χ1n) is 6.45. The number of hydrogen-bond acceptors (Lipinski definition) is 4. The summed E-state index contributed by atoms with van der Waals surface area (Å²) in [5.74, 6) is 1.39. The summed E-state index contributed by atoms with van der Waals surface area (Å²) in [6.07, 6.45) is 0.772. The second kappa shape index (κ2) is 5.95. The molecule has 1 aliphatic heterocycles. The summed E-state index contributed by atoms with van der Waals surface area (Å²) >= 11 is 7.54. The Morgan fingerprint density at radius 2 is 2.10 bits per heavy atom. The highest BCUT2D eigenvalue weighted by Gasteiger charge is 2.25. The average Bonchev–Trinajstić information content (AvgIpc) is 2.90. The van der Waals surface area contributed by atoms with Gasteiger partial charge in [-0.3, -0.25) is 10.1 Å². The molecule has 0 N–H and O–H groups in total. The number of nitro groups is 1. The maximum absolute atomic E-state index is 11.0. The molecule has 1 aliphatic rings. The third-order valence-corrected chi connectivity index (χ3v) is 4.76. The van der Waals surface area contributed by atoms with Crippen LogP contribution in [0.3, 0.4) is 0 Å². The van der Waals surface area contributed by atoms with Gasteiger partial charge in [-0.2, -0.15) is 0 Å². The van der Waals surface area contributed by atoms with Crippen molar-refractivity contribution >= 4 is 29.1 Å². The second-order valence-corrected chi connectivity index (χ2v) is 6.18. The molecule has 0 amide bonds. The molecule has 2 aromatic carbocycles. The first-order valence-corrected chi connectivity index (χ1v) is 7.82. The normalized spacial score (nSPS) is 16.3. The number of rotatable bonds is 4. The first-order chi connectivity index (χ1) is 10.1. The number of benzene rings is 2. The Bertz CT molecular complexity index is 692. The summed E-state index contributed by atoms with van der Waals surface area (Å²) in [5.41, 5.74) is 1.23. The van der Waals surface area contributed by atoms with Gasteiger partial charge in [-0.05, 0) is 17.7 Å². The minimum absolute atomic E-state index is 0.00953. The molecule has 0 saturated heterocycles. The number of nitrogens with zero attached hydrogens (tertiary/aromatic N) is 1. The molecule has 1 unspecified atom stereocenters. The number of hydrogen-bond donors (Lipinski definition) is 0. The number of thioether (sulfide) groups is 1. The van der Waals surface area contributed by atoms with Gasteiger partial charge in [0.25, 0.3) is 5.69 Å². The highest BCUT2D eigenvalue weighted by atomic mass is 35.5. The molecule has 0 spiro atoms. The van der Waals surface area contributed by atoms with E-state index < -0.39 is 0 Å². The minimum atomic E-state index is -0.358. The second-order valence-electron chi connectivity index (χ2n) is 4.71. The van der Waals surface area contributed by atoms with Crippen molar-refractivity contribution in [1.82, 2.24) is 0 Å². The van der Waals surface area contributed by atoms with E-state index in [1.54, 1.807) is 24.3 Å². The van der Waals surface area contributed by atoms with Crippen LogP contribution in [-0.2, 0) is 6.42 Å². The number of halogens is 1. The van der Waals surface area contributed by atoms with Crippen LogP contribution in [0, 0.1) is 10.1 Å². The zero-order valence-corrected chi connectivity index (χ0v) is 12.6. The van der Waals surface area contributed by atoms with Gasteiger partial charge in [0.15, 0.2) is 0 Å². The smallest absolute Gasteiger partial charge is 0.282 e. The van der Waals surface area contributed by atoms with Crippen molar-refractivity contribution in [2.75, 3.05) is 5.75 Å². The lowest BCUT2D eigenvalue weighted by Crippen LogP contribution is -2.16. The molecule has 6 heteroatoms. The van der Waals surface area contributed by atoms with Crippen LogP contribution in [0.25, 0.3) is 0 Å². The van der Waals surface area contributed by atoms with E-state index in [2.05, 4.69) is 0 Å². The summed E-state index contributed by atoms with van der Waals surface area (Å²) in [4.78, 5) is 11.3. The molecule has 2 aromatic rings. The lowest BCUT2D eigenvalue weighted by atomic mass is 10.1. The molecule has 0 aromatic heterocycles. The SMILES string of the molecule is O=[N+]([O-])c1ccccc1SCC1Cc2cccc(Cl)c2O1. The summed E-state index contributed by atoms with van der Waals surface area (Å²) in [6, 6.07) is 12.5. The molecule has 0 saturated carbocycles. The van der Waals surface area contributed by atoms with E-state index in [9.17, 15) is 10.1 Å². The largest absolute Gasteiger partial charge is 0.487 e. The van der Waals surface area contributed by atoms with E-state index in [4.69, 9.17) is 16.3 Å². The van der Waals surface area contributed by atoms with Crippen LogP contribution in [-0.4, -0.2) is 16.8 Å². The van der Waals surface area contributed by atoms with E-state index in [-0.39, 0.29) is 16.7 Å². The molecule has 0 aliphatic carbocycles. The van der Waals surface area contributed by atoms with E-state index in [1.807, 2.05) is 12.1 Å². The summed E-state index contributed by atoms with van der Waals surface area (Å²) < 4.78 is 5.84. The zero-order valence-electron chi connectivity index (χ0n) is 11.0. The Kier molecular flexibility index (Phi) is 4.03. The van der Waals surface area contributed by atoms with Crippen LogP contribution < -0.4 is 4.74 Å². The number of para-hydroxylation sites is 2. The van der Waals surface area contributed by atoms with Gasteiger partial charge >= 0.3 is 0 Å². The molecular formula is C15H12ClNO3S. The fraction of sp³-hybridized carbons (Fsp3) is 0.200. The van der Waals surface area contributed by atoms with Crippen LogP contribution in [0.4, 0.5) is 5.69 Å². The maximum Gasteiger partial charge on any atom is 0.282 e. The molecule has 4 nitrogen and oxygen atoms in total. The van der Waals surface area contributed by atoms with E-state index >= 15 is 0 Å². The Morgan fingerprint density at radius 3 is 2.86 bits per heavy atom. The first kappa shape index (κ1) is 14.2. The van der Waals surface area contributed by atoms with E-state index in [1.165, 1.54) is 17.8 Å². The average molecular weight is 322 g/mol. The van der Waals surface area contributed by atoms with Gasteiger partial charge in [0.1, 0.15) is 11.9 Å². The standard InChI is InChI=1S/C15H12ClNO3S/c16-12-5-3-4-10-8-11(20-15(10)12)9-21-14-7-2-1-6-13(14)17(18)19/h1-7,11H,8-9H2. The van der Waals surface area contributed by atoms with Gasteiger partial charge in [-0.15, -0.1) is 11.8 Å². The van der Waals surface area contributed by atoms with Gasteiger partial charge in [0.2, 0.25) is 0 Å². The highest BCUT2D eigenvalue weighted by molar-refractivity contribution is 7.99. The molecule has 21 heavy (non-hydrogen) atoms. The molecule has 108 valence electrons. The van der Waals surface area contributed by atoms with Crippen molar-refractivity contribution in [3.63, 3.8) is 0 Å².